The van der Waals surface area contributed by atoms with Gasteiger partial charge in [-0.15, -0.1) is 0 Å². The lowest BCUT2D eigenvalue weighted by Crippen LogP contribution is -2.25. The van der Waals surface area contributed by atoms with E-state index >= 15 is 0 Å². The number of carbonyl (C=O) groups is 2. The molecule has 0 spiro atoms. The molecule has 4 aromatic rings. The Kier molecular flexibility index (Phi) is 9.49. The van der Waals surface area contributed by atoms with Crippen molar-refractivity contribution < 1.29 is 28.2 Å². The monoisotopic (exact) mass is 671 g/mol. The fraction of sp³-hybridized carbons (Fsp3) is 0.207. The zero-order valence-electron chi connectivity index (χ0n) is 22.2. The summed E-state index contributed by atoms with van der Waals surface area (Å²) in [5, 5.41) is 4.00. The first-order chi connectivity index (χ1) is 19.2. The van der Waals surface area contributed by atoms with Gasteiger partial charge in [-0.05, 0) is 119 Å². The number of methoxy groups -OCH3 is 1. The number of aryl methyl sites for hydroxylation is 2. The zero-order valence-corrected chi connectivity index (χ0v) is 25.4. The van der Waals surface area contributed by atoms with Gasteiger partial charge in [0.25, 0.3) is 0 Å². The van der Waals surface area contributed by atoms with E-state index in [0.717, 1.165) is 17.1 Å². The molecule has 0 aliphatic heterocycles. The van der Waals surface area contributed by atoms with Crippen LogP contribution in [0, 0.1) is 13.8 Å². The zero-order chi connectivity index (χ0) is 28.8. The van der Waals surface area contributed by atoms with Crippen LogP contribution in [0.1, 0.15) is 40.2 Å². The maximum absolute atomic E-state index is 12.5. The number of aromatic nitrogens is 1. The minimum absolute atomic E-state index is 0.104. The summed E-state index contributed by atoms with van der Waals surface area (Å²) < 4.78 is 25.1. The van der Waals surface area contributed by atoms with E-state index in [1.54, 1.807) is 31.2 Å². The number of ether oxygens (including phenoxy) is 3. The van der Waals surface area contributed by atoms with Crippen LogP contribution in [-0.4, -0.2) is 35.9 Å². The molecule has 0 aliphatic carbocycles. The van der Waals surface area contributed by atoms with Crippen molar-refractivity contribution in [3.63, 3.8) is 0 Å². The van der Waals surface area contributed by atoms with Crippen LogP contribution >= 0.6 is 31.9 Å². The predicted molar refractivity (Wildman–Crippen MR) is 157 cm³/mol. The van der Waals surface area contributed by atoms with E-state index in [2.05, 4.69) is 77.7 Å². The third-order valence-corrected chi connectivity index (χ3v) is 7.04. The second-order valence-electron chi connectivity index (χ2n) is 8.80. The Balaban J connectivity index is 1.30. The first-order valence-electron chi connectivity index (χ1n) is 12.2. The minimum atomic E-state index is -0.788. The summed E-state index contributed by atoms with van der Waals surface area (Å²) in [6, 6.07) is 18.7. The molecule has 0 fully saturated rings. The molecule has 0 radical (unpaired) electrons. The number of furan rings is 1. The highest BCUT2D eigenvalue weighted by atomic mass is 79.9. The van der Waals surface area contributed by atoms with Gasteiger partial charge >= 0.3 is 11.9 Å². The van der Waals surface area contributed by atoms with Gasteiger partial charge in [-0.3, -0.25) is 4.79 Å². The van der Waals surface area contributed by atoms with Gasteiger partial charge in [0, 0.05) is 17.1 Å². The van der Waals surface area contributed by atoms with Crippen molar-refractivity contribution in [1.29, 1.82) is 0 Å². The smallest absolute Gasteiger partial charge is 0.346 e. The molecule has 0 aliphatic rings. The second-order valence-corrected chi connectivity index (χ2v) is 10.5. The number of carbonyl (C=O) groups excluding carboxylic acids is 2. The summed E-state index contributed by atoms with van der Waals surface area (Å²) in [6.07, 6.45) is 0.679. The van der Waals surface area contributed by atoms with Gasteiger partial charge in [-0.25, -0.2) is 10.2 Å². The molecule has 0 saturated heterocycles. The Labute approximate surface area is 248 Å². The average Bonchev–Trinajstić information content (AvgIpc) is 3.55. The highest BCUT2D eigenvalue weighted by Crippen LogP contribution is 2.35. The molecule has 208 valence electrons. The quantitative estimate of drug-likeness (QED) is 0.117. The van der Waals surface area contributed by atoms with E-state index in [9.17, 15) is 9.59 Å². The molecule has 0 unspecified atom stereocenters. The number of amides is 1. The maximum Gasteiger partial charge on any atom is 0.346 e. The van der Waals surface area contributed by atoms with Crippen molar-refractivity contribution in [3.8, 4) is 17.2 Å². The number of esters is 1. The van der Waals surface area contributed by atoms with Crippen molar-refractivity contribution in [2.75, 3.05) is 7.11 Å². The lowest BCUT2D eigenvalue weighted by Gasteiger charge is -2.15. The molecule has 4 rings (SSSR count). The standard InChI is InChI=1S/C29H27Br2N3O6/c1-17-5-6-18(2)34(17)21-7-9-22(10-8-21)38-16-23-11-12-26(40-23)28(35)33-32-15-20-13-24(30)27(25(31)14-20)39-19(3)29(36)37-4/h5-15,19H,16H2,1-4H3,(H,33,35)/b32-15+/t19-/m0/s1. The largest absolute Gasteiger partial charge is 0.486 e. The van der Waals surface area contributed by atoms with E-state index in [1.165, 1.54) is 13.3 Å². The number of nitrogens with zero attached hydrogens (tertiary/aromatic N) is 2. The molecule has 0 saturated carbocycles. The topological polar surface area (TPSA) is 104 Å². The lowest BCUT2D eigenvalue weighted by molar-refractivity contribution is -0.147. The molecule has 1 N–H and O–H groups in total. The van der Waals surface area contributed by atoms with Crippen molar-refractivity contribution in [2.45, 2.75) is 33.5 Å². The van der Waals surface area contributed by atoms with Crippen LogP contribution in [0.15, 0.2) is 79.1 Å². The molecule has 9 nitrogen and oxygen atoms in total. The Morgan fingerprint density at radius 2 is 1.68 bits per heavy atom. The van der Waals surface area contributed by atoms with E-state index in [0.29, 0.717) is 31.8 Å². The molecule has 1 amide bonds. The summed E-state index contributed by atoms with van der Waals surface area (Å²) >= 11 is 6.85. The van der Waals surface area contributed by atoms with Crippen molar-refractivity contribution in [3.05, 3.63) is 98.1 Å². The second kappa shape index (κ2) is 13.0. The first-order valence-corrected chi connectivity index (χ1v) is 13.8. The van der Waals surface area contributed by atoms with Gasteiger partial charge in [0.2, 0.25) is 0 Å². The predicted octanol–water partition coefficient (Wildman–Crippen LogP) is 6.50. The Morgan fingerprint density at radius 3 is 2.30 bits per heavy atom. The minimum Gasteiger partial charge on any atom is -0.486 e. The third-order valence-electron chi connectivity index (χ3n) is 5.86. The number of halogens is 2. The molecular weight excluding hydrogens is 646 g/mol. The summed E-state index contributed by atoms with van der Waals surface area (Å²) in [4.78, 5) is 24.1. The van der Waals surface area contributed by atoms with E-state index in [4.69, 9.17) is 13.9 Å². The van der Waals surface area contributed by atoms with E-state index < -0.39 is 18.0 Å². The van der Waals surface area contributed by atoms with Crippen molar-refractivity contribution in [2.24, 2.45) is 5.10 Å². The number of hydrogen-bond acceptors (Lipinski definition) is 7. The highest BCUT2D eigenvalue weighted by molar-refractivity contribution is 9.11. The Hall–Kier alpha value is -3.83. The van der Waals surface area contributed by atoms with Gasteiger partial charge in [-0.2, -0.15) is 5.10 Å². The van der Waals surface area contributed by atoms with Crippen LogP contribution in [0.5, 0.6) is 11.5 Å². The number of rotatable bonds is 10. The normalized spacial score (nSPS) is 11.8. The van der Waals surface area contributed by atoms with Crippen LogP contribution in [0.25, 0.3) is 5.69 Å². The fourth-order valence-corrected chi connectivity index (χ4v) is 5.29. The molecule has 1 atom stereocenters. The van der Waals surface area contributed by atoms with Gasteiger partial charge in [-0.1, -0.05) is 0 Å². The van der Waals surface area contributed by atoms with Gasteiger partial charge < -0.3 is 23.2 Å². The Bertz CT molecular complexity index is 1500. The molecule has 0 bridgehead atoms. The summed E-state index contributed by atoms with van der Waals surface area (Å²) in [5.74, 6) is 0.729. The summed E-state index contributed by atoms with van der Waals surface area (Å²) in [6.45, 7) is 5.89. The number of benzene rings is 2. The van der Waals surface area contributed by atoms with E-state index in [1.807, 2.05) is 24.3 Å². The average molecular weight is 673 g/mol. The number of hydrazone groups is 1. The molecular formula is C29H27Br2N3O6. The van der Waals surface area contributed by atoms with Crippen LogP contribution < -0.4 is 14.9 Å². The molecule has 2 heterocycles. The van der Waals surface area contributed by atoms with Crippen LogP contribution in [0.2, 0.25) is 0 Å². The number of nitrogens with one attached hydrogen (secondary N) is 1. The van der Waals surface area contributed by atoms with Crippen molar-refractivity contribution in [1.82, 2.24) is 9.99 Å². The van der Waals surface area contributed by atoms with Crippen LogP contribution in [-0.2, 0) is 16.1 Å². The fourth-order valence-electron chi connectivity index (χ4n) is 3.88. The highest BCUT2D eigenvalue weighted by Gasteiger charge is 2.19. The third kappa shape index (κ3) is 7.02. The maximum atomic E-state index is 12.5. The van der Waals surface area contributed by atoms with E-state index in [-0.39, 0.29) is 12.4 Å². The first kappa shape index (κ1) is 29.2. The van der Waals surface area contributed by atoms with Crippen LogP contribution in [0.4, 0.5) is 0 Å². The Morgan fingerprint density at radius 1 is 1.02 bits per heavy atom. The van der Waals surface area contributed by atoms with Gasteiger partial charge in [0.1, 0.15) is 23.9 Å². The SMILES string of the molecule is COC(=O)[C@H](C)Oc1c(Br)cc(/C=N/NC(=O)c2ccc(COc3ccc(-n4c(C)ccc4C)cc3)o2)cc1Br. The van der Waals surface area contributed by atoms with Crippen molar-refractivity contribution >= 4 is 50.0 Å². The van der Waals surface area contributed by atoms with Gasteiger partial charge in [0.05, 0.1) is 22.3 Å². The molecule has 2 aromatic heterocycles. The molecule has 40 heavy (non-hydrogen) atoms. The van der Waals surface area contributed by atoms with Crippen LogP contribution in [0.3, 0.4) is 0 Å². The molecule has 2 aromatic carbocycles. The number of hydrogen-bond donors (Lipinski definition) is 1. The lowest BCUT2D eigenvalue weighted by atomic mass is 10.2. The summed E-state index contributed by atoms with van der Waals surface area (Å²) in [5.41, 5.74) is 6.48. The summed E-state index contributed by atoms with van der Waals surface area (Å²) in [7, 11) is 1.30. The van der Waals surface area contributed by atoms with Gasteiger partial charge in [0.15, 0.2) is 11.9 Å². The molecule has 11 heteroatoms.